The zero-order valence-electron chi connectivity index (χ0n) is 4.83. The van der Waals surface area contributed by atoms with Crippen molar-refractivity contribution in [3.05, 3.63) is 0 Å². The van der Waals surface area contributed by atoms with Gasteiger partial charge in [0.25, 0.3) is 0 Å². The summed E-state index contributed by atoms with van der Waals surface area (Å²) < 4.78 is 9.50. The average Bonchev–Trinajstić information content (AvgIpc) is 1.41. The van der Waals surface area contributed by atoms with E-state index in [1.807, 2.05) is 26.0 Å². The lowest BCUT2D eigenvalue weighted by Gasteiger charge is -1.90. The fourth-order valence-electron chi connectivity index (χ4n) is 0. The highest BCUT2D eigenvalue weighted by molar-refractivity contribution is 4.09. The number of hydrogen-bond acceptors (Lipinski definition) is 1. The molecule has 0 amide bonds. The minimum absolute atomic E-state index is 0.500. The molecule has 0 bridgehead atoms. The van der Waals surface area contributed by atoms with Crippen LogP contribution in [-0.2, 0) is 0 Å². The molecule has 0 aromatic heterocycles. The third-order valence-corrected chi connectivity index (χ3v) is 0. The number of halogens is 1. The number of alkyl halides is 1. The van der Waals surface area contributed by atoms with Crippen molar-refractivity contribution in [1.82, 2.24) is 4.90 Å². The van der Waals surface area contributed by atoms with Gasteiger partial charge in [0.2, 0.25) is 0 Å². The maximum absolute atomic E-state index is 9.50. The monoisotopic (exact) mass is 93.1 g/mol. The maximum Gasteiger partial charge on any atom is 0.0785 e. The molecule has 0 rings (SSSR count). The van der Waals surface area contributed by atoms with Crippen LogP contribution >= 0.6 is 0 Å². The maximum atomic E-state index is 9.50. The van der Waals surface area contributed by atoms with E-state index >= 15 is 0 Å². The molecule has 0 heterocycles. The Morgan fingerprint density at radius 2 is 1.00 bits per heavy atom. The molecule has 0 spiro atoms. The van der Waals surface area contributed by atoms with Crippen LogP contribution in [0, 0.1) is 0 Å². The van der Waals surface area contributed by atoms with Crippen LogP contribution in [0.1, 0.15) is 0 Å². The van der Waals surface area contributed by atoms with Crippen molar-refractivity contribution in [1.29, 1.82) is 0 Å². The van der Waals surface area contributed by atoms with Gasteiger partial charge in [-0.1, -0.05) is 0 Å². The third kappa shape index (κ3) is 2690. The van der Waals surface area contributed by atoms with Gasteiger partial charge >= 0.3 is 0 Å². The molecule has 0 radical (unpaired) electrons. The Hall–Kier alpha value is -0.110. The van der Waals surface area contributed by atoms with Gasteiger partial charge in [-0.2, -0.15) is 0 Å². The molecule has 0 aromatic carbocycles. The second-order valence-corrected chi connectivity index (χ2v) is 1.34. The minimum Gasteiger partial charge on any atom is -0.312 e. The predicted octanol–water partition coefficient (Wildman–Crippen LogP) is 0.764. The quantitative estimate of drug-likeness (QED) is 0.427. The van der Waals surface area contributed by atoms with E-state index in [1.165, 1.54) is 0 Å². The van der Waals surface area contributed by atoms with Crippen LogP contribution < -0.4 is 0 Å². The van der Waals surface area contributed by atoms with E-state index < -0.39 is 0 Å². The number of nitrogens with zero attached hydrogens (tertiary/aromatic N) is 1. The normalized spacial score (nSPS) is 7.00. The molecule has 0 N–H and O–H groups in total. The van der Waals surface area contributed by atoms with E-state index in [4.69, 9.17) is 0 Å². The summed E-state index contributed by atoms with van der Waals surface area (Å²) in [5.74, 6) is 0. The lowest BCUT2D eigenvalue weighted by molar-refractivity contribution is 0.505. The Morgan fingerprint density at radius 3 is 1.00 bits per heavy atom. The van der Waals surface area contributed by atoms with E-state index in [2.05, 4.69) is 0 Å². The molecule has 2 heteroatoms. The summed E-state index contributed by atoms with van der Waals surface area (Å²) in [4.78, 5) is 2.00. The van der Waals surface area contributed by atoms with E-state index in [0.717, 1.165) is 0 Å². The Kier molecular flexibility index (Phi) is 13.7. The third-order valence-electron chi connectivity index (χ3n) is 0. The fraction of sp³-hybridized carbons (Fsp3) is 1.00. The zero-order valence-corrected chi connectivity index (χ0v) is 4.83. The summed E-state index contributed by atoms with van der Waals surface area (Å²) in [6, 6.07) is 0. The Labute approximate surface area is 38.8 Å². The number of hydrogen-bond donors (Lipinski definition) is 0. The highest BCUT2D eigenvalue weighted by Gasteiger charge is 1.58. The molecule has 0 aliphatic heterocycles. The molecule has 6 heavy (non-hydrogen) atoms. The fourth-order valence-corrected chi connectivity index (χ4v) is 0. The Bertz CT molecular complexity index is 12.3. The second-order valence-electron chi connectivity index (χ2n) is 1.34. The number of rotatable bonds is 0. The van der Waals surface area contributed by atoms with Gasteiger partial charge < -0.3 is 4.90 Å². The van der Waals surface area contributed by atoms with Crippen molar-refractivity contribution in [2.45, 2.75) is 0 Å². The lowest BCUT2D eigenvalue weighted by atomic mass is 11.0. The van der Waals surface area contributed by atoms with E-state index in [0.29, 0.717) is 7.18 Å². The lowest BCUT2D eigenvalue weighted by Crippen LogP contribution is -1.99. The zero-order chi connectivity index (χ0) is 5.58. The topological polar surface area (TPSA) is 3.24 Å². The van der Waals surface area contributed by atoms with Crippen molar-refractivity contribution in [2.75, 3.05) is 28.3 Å². The first-order valence-electron chi connectivity index (χ1n) is 1.72. The van der Waals surface area contributed by atoms with Crippen molar-refractivity contribution < 1.29 is 4.39 Å². The molecule has 0 aliphatic rings. The molecule has 0 saturated carbocycles. The summed E-state index contributed by atoms with van der Waals surface area (Å²) in [5, 5.41) is 0. The van der Waals surface area contributed by atoms with Gasteiger partial charge in [0, 0.05) is 0 Å². The first kappa shape index (κ1) is 9.31. The van der Waals surface area contributed by atoms with Gasteiger partial charge in [-0.25, -0.2) is 0 Å². The van der Waals surface area contributed by atoms with Crippen LogP contribution in [0.25, 0.3) is 0 Å². The highest BCUT2D eigenvalue weighted by atomic mass is 19.1. The smallest absolute Gasteiger partial charge is 0.0785 e. The molecule has 1 nitrogen and oxygen atoms in total. The van der Waals surface area contributed by atoms with Crippen LogP contribution in [-0.4, -0.2) is 33.2 Å². The van der Waals surface area contributed by atoms with Gasteiger partial charge in [-0.3, -0.25) is 4.39 Å². The van der Waals surface area contributed by atoms with Crippen LogP contribution in [0.2, 0.25) is 0 Å². The van der Waals surface area contributed by atoms with E-state index in [-0.39, 0.29) is 0 Å². The van der Waals surface area contributed by atoms with Crippen molar-refractivity contribution in [3.63, 3.8) is 0 Å². The molecule has 0 fully saturated rings. The standard InChI is InChI=1S/C3H9N.CH3F/c1-4(2)3;1-2/h1-3H3;1H3. The summed E-state index contributed by atoms with van der Waals surface area (Å²) in [7, 11) is 6.50. The molecular formula is C4H12FN. The van der Waals surface area contributed by atoms with Crippen molar-refractivity contribution in [2.24, 2.45) is 0 Å². The van der Waals surface area contributed by atoms with E-state index in [9.17, 15) is 4.39 Å². The predicted molar refractivity (Wildman–Crippen MR) is 26.6 cm³/mol. The minimum atomic E-state index is 0.500. The largest absolute Gasteiger partial charge is 0.312 e. The SMILES string of the molecule is CF.CN(C)C. The van der Waals surface area contributed by atoms with Crippen LogP contribution in [0.15, 0.2) is 0 Å². The first-order valence-corrected chi connectivity index (χ1v) is 1.72. The van der Waals surface area contributed by atoms with Crippen molar-refractivity contribution in [3.8, 4) is 0 Å². The average molecular weight is 93.1 g/mol. The molecule has 0 aliphatic carbocycles. The Balaban J connectivity index is 0. The summed E-state index contributed by atoms with van der Waals surface area (Å²) in [5.41, 5.74) is 0. The highest BCUT2D eigenvalue weighted by Crippen LogP contribution is 1.47. The van der Waals surface area contributed by atoms with E-state index in [1.54, 1.807) is 0 Å². The molecule has 0 aromatic rings. The molecule has 0 saturated heterocycles. The van der Waals surface area contributed by atoms with Crippen LogP contribution in [0.4, 0.5) is 4.39 Å². The Morgan fingerprint density at radius 1 is 1.00 bits per heavy atom. The van der Waals surface area contributed by atoms with Gasteiger partial charge in [0.15, 0.2) is 0 Å². The molecular weight excluding hydrogens is 81.0 g/mol. The molecule has 0 unspecified atom stereocenters. The van der Waals surface area contributed by atoms with Gasteiger partial charge in [0.05, 0.1) is 7.18 Å². The van der Waals surface area contributed by atoms with Gasteiger partial charge in [-0.15, -0.1) is 0 Å². The van der Waals surface area contributed by atoms with Crippen LogP contribution in [0.5, 0.6) is 0 Å². The summed E-state index contributed by atoms with van der Waals surface area (Å²) >= 11 is 0. The van der Waals surface area contributed by atoms with Crippen LogP contribution in [0.3, 0.4) is 0 Å². The van der Waals surface area contributed by atoms with Gasteiger partial charge in [-0.05, 0) is 21.1 Å². The van der Waals surface area contributed by atoms with Crippen molar-refractivity contribution >= 4 is 0 Å². The first-order chi connectivity index (χ1) is 2.73. The summed E-state index contributed by atoms with van der Waals surface area (Å²) in [6.07, 6.45) is 0. The molecule has 40 valence electrons. The summed E-state index contributed by atoms with van der Waals surface area (Å²) in [6.45, 7) is 0. The molecule has 0 atom stereocenters. The van der Waals surface area contributed by atoms with Gasteiger partial charge in [0.1, 0.15) is 0 Å². The second kappa shape index (κ2) is 8.86.